The molecule has 2 saturated heterocycles. The minimum absolute atomic E-state index is 0.0243. The van der Waals surface area contributed by atoms with Crippen molar-refractivity contribution in [3.8, 4) is 0 Å². The molecule has 0 radical (unpaired) electrons. The molecule has 1 aliphatic carbocycles. The maximum absolute atomic E-state index is 14.3. The molecule has 53 heavy (non-hydrogen) atoms. The van der Waals surface area contributed by atoms with Crippen LogP contribution in [-0.2, 0) is 26.2 Å². The van der Waals surface area contributed by atoms with E-state index < -0.39 is 38.9 Å². The van der Waals surface area contributed by atoms with E-state index in [-0.39, 0.29) is 54.1 Å². The van der Waals surface area contributed by atoms with E-state index in [1.807, 2.05) is 6.07 Å². The first-order valence-corrected chi connectivity index (χ1v) is 19.8. The number of fused-ring (bicyclic) bond motifs is 1. The molecule has 3 aromatic rings. The molecule has 4 aliphatic rings. The summed E-state index contributed by atoms with van der Waals surface area (Å²) in [6.45, 7) is 0.953. The molecule has 1 aromatic heterocycles. The number of carbonyl (C=O) groups excluding carboxylic acids is 4. The molecule has 18 heteroatoms. The summed E-state index contributed by atoms with van der Waals surface area (Å²) >= 11 is 3.38. The number of anilines is 4. The minimum atomic E-state index is -3.54. The molecule has 15 nitrogen and oxygen atoms in total. The van der Waals surface area contributed by atoms with Gasteiger partial charge >= 0.3 is 0 Å². The van der Waals surface area contributed by atoms with Crippen molar-refractivity contribution in [1.82, 2.24) is 24.5 Å². The summed E-state index contributed by atoms with van der Waals surface area (Å²) in [5, 5.41) is 11.6. The van der Waals surface area contributed by atoms with Gasteiger partial charge in [-0.1, -0.05) is 12.1 Å². The van der Waals surface area contributed by atoms with E-state index in [2.05, 4.69) is 47.2 Å². The molecule has 3 fully saturated rings. The quantitative estimate of drug-likeness (QED) is 0.187. The van der Waals surface area contributed by atoms with Gasteiger partial charge < -0.3 is 26.6 Å². The molecule has 7 rings (SSSR count). The van der Waals surface area contributed by atoms with Crippen molar-refractivity contribution in [3.63, 3.8) is 0 Å². The highest BCUT2D eigenvalue weighted by Gasteiger charge is 2.41. The number of nitrogens with two attached hydrogens (primary N) is 1. The van der Waals surface area contributed by atoms with Gasteiger partial charge in [-0.25, -0.2) is 22.1 Å². The predicted octanol–water partition coefficient (Wildman–Crippen LogP) is 3.61. The maximum Gasteiger partial charge on any atom is 0.255 e. The first kappa shape index (κ1) is 36.7. The van der Waals surface area contributed by atoms with Gasteiger partial charge in [0.15, 0.2) is 0 Å². The van der Waals surface area contributed by atoms with Crippen molar-refractivity contribution < 1.29 is 32.0 Å². The summed E-state index contributed by atoms with van der Waals surface area (Å²) < 4.78 is 43.8. The summed E-state index contributed by atoms with van der Waals surface area (Å²) in [5.41, 5.74) is 7.38. The van der Waals surface area contributed by atoms with Gasteiger partial charge in [-0.15, -0.1) is 0 Å². The Morgan fingerprint density at radius 1 is 0.943 bits per heavy atom. The standard InChI is InChI=1S/C35H39BrFN9O6S/c36-24-17-39-35(44-32(24)42-27-6-2-4-25(37)30(27)31(38)48)41-20-13-15-45(16-14-20)53(51,52)21-9-7-19(8-10-21)40-26-5-1-3-22-23(26)18-46(34(22)50)28-11-12-29(47)43-33(28)49/h1-6,17,19-21,28,40H,7-16,18H2,(H2,38,48)(H,43,47,49)(H2,39,41,42,44). The van der Waals surface area contributed by atoms with Gasteiger partial charge in [-0.2, -0.15) is 4.98 Å². The molecule has 4 heterocycles. The van der Waals surface area contributed by atoms with Gasteiger partial charge in [0.2, 0.25) is 27.8 Å². The smallest absolute Gasteiger partial charge is 0.255 e. The minimum Gasteiger partial charge on any atom is -0.382 e. The number of hydrogen-bond acceptors (Lipinski definition) is 11. The normalized spacial score (nSPS) is 22.6. The van der Waals surface area contributed by atoms with Crippen LogP contribution < -0.4 is 27.0 Å². The van der Waals surface area contributed by atoms with Gasteiger partial charge in [0.05, 0.1) is 21.0 Å². The van der Waals surface area contributed by atoms with Gasteiger partial charge in [-0.05, 0) is 85.1 Å². The Kier molecular flexibility index (Phi) is 10.4. The number of nitrogens with one attached hydrogen (secondary N) is 4. The average Bonchev–Trinajstić information content (AvgIpc) is 3.46. The second-order valence-electron chi connectivity index (χ2n) is 13.8. The van der Waals surface area contributed by atoms with Crippen LogP contribution in [0.1, 0.15) is 77.6 Å². The van der Waals surface area contributed by atoms with Crippen molar-refractivity contribution in [2.75, 3.05) is 29.0 Å². The fourth-order valence-corrected chi connectivity index (χ4v) is 9.92. The van der Waals surface area contributed by atoms with E-state index >= 15 is 0 Å². The van der Waals surface area contributed by atoms with E-state index in [9.17, 15) is 32.0 Å². The number of halogens is 2. The molecule has 1 saturated carbocycles. The van der Waals surface area contributed by atoms with Gasteiger partial charge in [0.25, 0.3) is 11.8 Å². The van der Waals surface area contributed by atoms with Crippen LogP contribution in [0, 0.1) is 5.82 Å². The number of benzene rings is 2. The lowest BCUT2D eigenvalue weighted by Gasteiger charge is -2.36. The molecule has 4 amide bonds. The molecular formula is C35H39BrFN9O6S. The zero-order valence-electron chi connectivity index (χ0n) is 28.6. The van der Waals surface area contributed by atoms with E-state index in [4.69, 9.17) is 5.73 Å². The molecule has 6 N–H and O–H groups in total. The first-order chi connectivity index (χ1) is 25.4. The van der Waals surface area contributed by atoms with Crippen LogP contribution in [-0.4, -0.2) is 87.7 Å². The van der Waals surface area contributed by atoms with Gasteiger partial charge in [0.1, 0.15) is 17.7 Å². The van der Waals surface area contributed by atoms with Crippen molar-refractivity contribution >= 4 is 72.7 Å². The second kappa shape index (κ2) is 15.0. The Labute approximate surface area is 313 Å². The third-order valence-electron chi connectivity index (χ3n) is 10.4. The molecule has 0 spiro atoms. The Morgan fingerprint density at radius 2 is 1.64 bits per heavy atom. The third kappa shape index (κ3) is 7.57. The van der Waals surface area contributed by atoms with E-state index in [1.54, 1.807) is 16.4 Å². The molecular weight excluding hydrogens is 773 g/mol. The van der Waals surface area contributed by atoms with Crippen molar-refractivity contribution in [1.29, 1.82) is 0 Å². The largest absolute Gasteiger partial charge is 0.382 e. The topological polar surface area (TPSA) is 209 Å². The number of nitrogens with zero attached hydrogens (tertiary/aromatic N) is 4. The number of hydrogen-bond donors (Lipinski definition) is 5. The monoisotopic (exact) mass is 811 g/mol. The number of amides is 4. The highest BCUT2D eigenvalue weighted by Crippen LogP contribution is 2.36. The highest BCUT2D eigenvalue weighted by molar-refractivity contribution is 9.10. The number of imide groups is 1. The maximum atomic E-state index is 14.3. The van der Waals surface area contributed by atoms with Crippen LogP contribution in [0.3, 0.4) is 0 Å². The average molecular weight is 813 g/mol. The third-order valence-corrected chi connectivity index (χ3v) is 13.4. The first-order valence-electron chi connectivity index (χ1n) is 17.6. The number of carbonyl (C=O) groups is 4. The van der Waals surface area contributed by atoms with E-state index in [0.29, 0.717) is 73.9 Å². The molecule has 2 aromatic carbocycles. The Balaban J connectivity index is 0.914. The number of primary amides is 1. The molecule has 0 bridgehead atoms. The lowest BCUT2D eigenvalue weighted by molar-refractivity contribution is -0.136. The summed E-state index contributed by atoms with van der Waals surface area (Å²) in [7, 11) is -3.54. The summed E-state index contributed by atoms with van der Waals surface area (Å²) in [4.78, 5) is 59.5. The summed E-state index contributed by atoms with van der Waals surface area (Å²) in [6, 6.07) is 8.80. The Bertz CT molecular complexity index is 2070. The number of sulfonamides is 1. The Hall–Kier alpha value is -4.68. The second-order valence-corrected chi connectivity index (χ2v) is 16.8. The summed E-state index contributed by atoms with van der Waals surface area (Å²) in [5.74, 6) is -2.12. The van der Waals surface area contributed by atoms with Gasteiger partial charge in [0, 0.05) is 61.1 Å². The fraction of sp³-hybridized carbons (Fsp3) is 0.429. The van der Waals surface area contributed by atoms with Crippen molar-refractivity contribution in [3.05, 3.63) is 69.6 Å². The van der Waals surface area contributed by atoms with Crippen LogP contribution in [0.5, 0.6) is 0 Å². The number of piperidine rings is 2. The van der Waals surface area contributed by atoms with Crippen LogP contribution in [0.15, 0.2) is 47.1 Å². The van der Waals surface area contributed by atoms with Crippen LogP contribution in [0.25, 0.3) is 0 Å². The zero-order chi connectivity index (χ0) is 37.4. The van der Waals surface area contributed by atoms with Crippen LogP contribution in [0.4, 0.5) is 27.5 Å². The summed E-state index contributed by atoms with van der Waals surface area (Å²) in [6.07, 6.45) is 5.37. The fourth-order valence-electron chi connectivity index (χ4n) is 7.62. The van der Waals surface area contributed by atoms with E-state index in [1.165, 1.54) is 23.2 Å². The van der Waals surface area contributed by atoms with Crippen molar-refractivity contribution in [2.45, 2.75) is 81.3 Å². The molecule has 3 aliphatic heterocycles. The molecule has 1 atom stereocenters. The van der Waals surface area contributed by atoms with Crippen LogP contribution in [0.2, 0.25) is 0 Å². The number of rotatable bonds is 10. The zero-order valence-corrected chi connectivity index (χ0v) is 31.0. The molecule has 280 valence electrons. The predicted molar refractivity (Wildman–Crippen MR) is 197 cm³/mol. The Morgan fingerprint density at radius 3 is 2.36 bits per heavy atom. The van der Waals surface area contributed by atoms with Gasteiger partial charge in [-0.3, -0.25) is 24.5 Å². The van der Waals surface area contributed by atoms with Crippen molar-refractivity contribution in [2.24, 2.45) is 5.73 Å². The number of aromatic nitrogens is 2. The van der Waals surface area contributed by atoms with E-state index in [0.717, 1.165) is 17.3 Å². The lowest BCUT2D eigenvalue weighted by atomic mass is 9.94. The molecule has 1 unspecified atom stereocenters. The lowest BCUT2D eigenvalue weighted by Crippen LogP contribution is -2.52. The SMILES string of the molecule is NC(=O)c1c(F)cccc1Nc1nc(NC2CCN(S(=O)(=O)C3CCC(Nc4cccc5c4CN(C4CCC(=O)NC4=O)C5=O)CC3)CC2)ncc1Br. The highest BCUT2D eigenvalue weighted by atomic mass is 79.9. The van der Waals surface area contributed by atoms with Crippen LogP contribution >= 0.6 is 15.9 Å².